The molecule has 7 nitrogen and oxygen atoms in total. The number of rotatable bonds is 5. The Hall–Kier alpha value is -2.00. The molecule has 0 saturated carbocycles. The molecule has 0 unspecified atom stereocenters. The number of carbonyl (C=O) groups excluding carboxylic acids is 1. The maximum absolute atomic E-state index is 12.0. The first kappa shape index (κ1) is 17.1. The standard InChI is InChI=1S/C12H16N4O3S2/c1-3-8-13-15-12(20)16-21(18,19)11-6-4-10(5-7-11)14-9(2)17/h4-8H,3H2,1-2H3,(H,14,17)(H2,15,16,20)/b13-8+. The van der Waals surface area contributed by atoms with Gasteiger partial charge in [0.1, 0.15) is 0 Å². The molecule has 0 saturated heterocycles. The SMILES string of the molecule is CC/C=N/NC(=S)NS(=O)(=O)c1ccc(NC(C)=O)cc1. The molecule has 0 spiro atoms. The molecule has 21 heavy (non-hydrogen) atoms. The van der Waals surface area contributed by atoms with E-state index in [-0.39, 0.29) is 15.9 Å². The zero-order chi connectivity index (χ0) is 15.9. The minimum absolute atomic E-state index is 0.0280. The van der Waals surface area contributed by atoms with Gasteiger partial charge < -0.3 is 5.32 Å². The largest absolute Gasteiger partial charge is 0.326 e. The molecule has 0 aromatic heterocycles. The van der Waals surface area contributed by atoms with Crippen molar-refractivity contribution in [3.63, 3.8) is 0 Å². The van der Waals surface area contributed by atoms with Crippen molar-refractivity contribution in [1.29, 1.82) is 0 Å². The Kier molecular flexibility index (Phi) is 6.25. The molecule has 0 heterocycles. The number of amides is 1. The highest BCUT2D eigenvalue weighted by atomic mass is 32.2. The number of nitrogens with one attached hydrogen (secondary N) is 3. The molecular weight excluding hydrogens is 312 g/mol. The monoisotopic (exact) mass is 328 g/mol. The van der Waals surface area contributed by atoms with Crippen LogP contribution >= 0.6 is 12.2 Å². The van der Waals surface area contributed by atoms with Gasteiger partial charge in [-0.25, -0.2) is 8.42 Å². The first-order chi connectivity index (χ1) is 9.85. The fourth-order valence-electron chi connectivity index (χ4n) is 1.32. The summed E-state index contributed by atoms with van der Waals surface area (Å²) >= 11 is 4.83. The average molecular weight is 328 g/mol. The molecule has 1 aromatic rings. The Balaban J connectivity index is 2.76. The Morgan fingerprint density at radius 2 is 1.95 bits per heavy atom. The lowest BCUT2D eigenvalue weighted by Crippen LogP contribution is -2.36. The van der Waals surface area contributed by atoms with Crippen molar-refractivity contribution in [2.24, 2.45) is 5.10 Å². The average Bonchev–Trinajstić information content (AvgIpc) is 2.38. The van der Waals surface area contributed by atoms with Crippen LogP contribution in [-0.4, -0.2) is 25.7 Å². The number of hydrogen-bond acceptors (Lipinski definition) is 5. The number of hydrazone groups is 1. The van der Waals surface area contributed by atoms with Gasteiger partial charge in [0.15, 0.2) is 0 Å². The lowest BCUT2D eigenvalue weighted by atomic mass is 10.3. The number of nitrogens with zero attached hydrogens (tertiary/aromatic N) is 1. The van der Waals surface area contributed by atoms with E-state index in [1.807, 2.05) is 6.92 Å². The molecule has 3 N–H and O–H groups in total. The Labute approximate surface area is 128 Å². The summed E-state index contributed by atoms with van der Waals surface area (Å²) in [4.78, 5) is 10.9. The zero-order valence-electron chi connectivity index (χ0n) is 11.6. The van der Waals surface area contributed by atoms with E-state index in [9.17, 15) is 13.2 Å². The Morgan fingerprint density at radius 3 is 2.48 bits per heavy atom. The summed E-state index contributed by atoms with van der Waals surface area (Å²) in [5, 5.41) is 6.15. The summed E-state index contributed by atoms with van der Waals surface area (Å²) in [5.74, 6) is -0.233. The molecule has 9 heteroatoms. The van der Waals surface area contributed by atoms with Crippen LogP contribution in [0.1, 0.15) is 20.3 Å². The molecule has 1 rings (SSSR count). The van der Waals surface area contributed by atoms with Crippen LogP contribution in [0.15, 0.2) is 34.3 Å². The third-order valence-electron chi connectivity index (χ3n) is 2.15. The highest BCUT2D eigenvalue weighted by Crippen LogP contribution is 2.13. The van der Waals surface area contributed by atoms with E-state index in [4.69, 9.17) is 12.2 Å². The van der Waals surface area contributed by atoms with Crippen LogP contribution in [-0.2, 0) is 14.8 Å². The van der Waals surface area contributed by atoms with Gasteiger partial charge in [-0.2, -0.15) is 5.10 Å². The summed E-state index contributed by atoms with van der Waals surface area (Å²) in [6, 6.07) is 5.71. The van der Waals surface area contributed by atoms with Crippen molar-refractivity contribution in [1.82, 2.24) is 10.1 Å². The zero-order valence-corrected chi connectivity index (χ0v) is 13.2. The van der Waals surface area contributed by atoms with Gasteiger partial charge in [-0.3, -0.25) is 14.9 Å². The van der Waals surface area contributed by atoms with Crippen molar-refractivity contribution in [3.05, 3.63) is 24.3 Å². The van der Waals surface area contributed by atoms with Crippen molar-refractivity contribution in [2.75, 3.05) is 5.32 Å². The molecule has 0 radical (unpaired) electrons. The van der Waals surface area contributed by atoms with E-state index in [1.165, 1.54) is 31.2 Å². The molecule has 0 aliphatic heterocycles. The predicted octanol–water partition coefficient (Wildman–Crippen LogP) is 1.19. The number of sulfonamides is 1. The van der Waals surface area contributed by atoms with E-state index in [2.05, 4.69) is 20.6 Å². The highest BCUT2D eigenvalue weighted by Gasteiger charge is 2.15. The number of thiocarbonyl (C=S) groups is 1. The molecule has 0 atom stereocenters. The summed E-state index contributed by atoms with van der Waals surface area (Å²) in [5.41, 5.74) is 2.91. The lowest BCUT2D eigenvalue weighted by Gasteiger charge is -2.09. The Bertz CT molecular complexity index is 639. The predicted molar refractivity (Wildman–Crippen MR) is 85.6 cm³/mol. The van der Waals surface area contributed by atoms with Gasteiger partial charge in [0.2, 0.25) is 11.0 Å². The number of carbonyl (C=O) groups is 1. The second-order valence-corrected chi connectivity index (χ2v) is 6.06. The summed E-state index contributed by atoms with van der Waals surface area (Å²) in [6.45, 7) is 3.25. The van der Waals surface area contributed by atoms with Crippen LogP contribution in [0.2, 0.25) is 0 Å². The van der Waals surface area contributed by atoms with E-state index >= 15 is 0 Å². The quantitative estimate of drug-likeness (QED) is 0.428. The second kappa shape index (κ2) is 7.70. The molecule has 0 aliphatic rings. The second-order valence-electron chi connectivity index (χ2n) is 3.97. The number of hydrogen-bond donors (Lipinski definition) is 3. The maximum Gasteiger partial charge on any atom is 0.263 e. The fourth-order valence-corrected chi connectivity index (χ4v) is 2.60. The first-order valence-corrected chi connectivity index (χ1v) is 7.96. The molecular formula is C12H16N4O3S2. The molecule has 0 aliphatic carbocycles. The van der Waals surface area contributed by atoms with Crippen LogP contribution < -0.4 is 15.5 Å². The van der Waals surface area contributed by atoms with Crippen molar-refractivity contribution < 1.29 is 13.2 Å². The van der Waals surface area contributed by atoms with Gasteiger partial charge in [0.25, 0.3) is 10.0 Å². The van der Waals surface area contributed by atoms with E-state index in [1.54, 1.807) is 6.21 Å². The fraction of sp³-hybridized carbons (Fsp3) is 0.250. The van der Waals surface area contributed by atoms with Crippen LogP contribution in [0.4, 0.5) is 5.69 Å². The van der Waals surface area contributed by atoms with Crippen LogP contribution in [0.25, 0.3) is 0 Å². The smallest absolute Gasteiger partial charge is 0.263 e. The van der Waals surface area contributed by atoms with Gasteiger partial charge in [-0.05, 0) is 42.9 Å². The van der Waals surface area contributed by atoms with Crippen molar-refractivity contribution in [3.8, 4) is 0 Å². The lowest BCUT2D eigenvalue weighted by molar-refractivity contribution is -0.114. The van der Waals surface area contributed by atoms with Crippen molar-refractivity contribution in [2.45, 2.75) is 25.2 Å². The molecule has 0 bridgehead atoms. The van der Waals surface area contributed by atoms with Gasteiger partial charge in [0.05, 0.1) is 4.90 Å². The first-order valence-electron chi connectivity index (χ1n) is 6.07. The molecule has 1 aromatic carbocycles. The summed E-state index contributed by atoms with van der Waals surface area (Å²) < 4.78 is 26.2. The summed E-state index contributed by atoms with van der Waals surface area (Å²) in [6.07, 6.45) is 2.26. The van der Waals surface area contributed by atoms with E-state index in [0.717, 1.165) is 0 Å². The third-order valence-corrected chi connectivity index (χ3v) is 3.84. The third kappa shape index (κ3) is 5.88. The van der Waals surface area contributed by atoms with E-state index < -0.39 is 10.0 Å². The van der Waals surface area contributed by atoms with Gasteiger partial charge >= 0.3 is 0 Å². The van der Waals surface area contributed by atoms with Gasteiger partial charge in [-0.1, -0.05) is 6.92 Å². The Morgan fingerprint density at radius 1 is 1.33 bits per heavy atom. The normalized spacial score (nSPS) is 11.1. The van der Waals surface area contributed by atoms with Gasteiger partial charge in [0, 0.05) is 18.8 Å². The minimum Gasteiger partial charge on any atom is -0.326 e. The molecule has 114 valence electrons. The number of anilines is 1. The highest BCUT2D eigenvalue weighted by molar-refractivity contribution is 7.91. The van der Waals surface area contributed by atoms with Gasteiger partial charge in [-0.15, -0.1) is 0 Å². The van der Waals surface area contributed by atoms with Crippen molar-refractivity contribution >= 4 is 45.2 Å². The molecule has 1 amide bonds. The minimum atomic E-state index is -3.78. The van der Waals surface area contributed by atoms with Crippen LogP contribution in [0, 0.1) is 0 Å². The van der Waals surface area contributed by atoms with E-state index in [0.29, 0.717) is 12.1 Å². The number of benzene rings is 1. The summed E-state index contributed by atoms with van der Waals surface area (Å²) in [7, 11) is -3.78. The topological polar surface area (TPSA) is 99.7 Å². The van der Waals surface area contributed by atoms with Crippen LogP contribution in [0.5, 0.6) is 0 Å². The van der Waals surface area contributed by atoms with Crippen LogP contribution in [0.3, 0.4) is 0 Å². The molecule has 0 fully saturated rings. The maximum atomic E-state index is 12.0.